The summed E-state index contributed by atoms with van der Waals surface area (Å²) in [4.78, 5) is 26.6. The van der Waals surface area contributed by atoms with Gasteiger partial charge in [0.2, 0.25) is 17.5 Å². The average Bonchev–Trinajstić information content (AvgIpc) is 3.04. The fourth-order valence-electron chi connectivity index (χ4n) is 2.51. The van der Waals surface area contributed by atoms with Gasteiger partial charge in [-0.15, -0.1) is 0 Å². The maximum absolute atomic E-state index is 12.4. The molecule has 120 valence electrons. The molecule has 24 heavy (non-hydrogen) atoms. The highest BCUT2D eigenvalue weighted by Crippen LogP contribution is 2.29. The summed E-state index contributed by atoms with van der Waals surface area (Å²) in [5, 5.41) is 4.35. The Morgan fingerprint density at radius 1 is 1.12 bits per heavy atom. The first-order valence-electron chi connectivity index (χ1n) is 7.37. The van der Waals surface area contributed by atoms with E-state index in [-0.39, 0.29) is 11.8 Å². The Hall–Kier alpha value is -2.80. The van der Waals surface area contributed by atoms with Crippen LogP contribution in [0, 0.1) is 0 Å². The van der Waals surface area contributed by atoms with E-state index in [9.17, 15) is 4.79 Å². The van der Waals surface area contributed by atoms with Crippen molar-refractivity contribution in [2.45, 2.75) is 5.92 Å². The minimum absolute atomic E-state index is 0.0152. The van der Waals surface area contributed by atoms with Crippen molar-refractivity contribution in [3.63, 3.8) is 0 Å². The van der Waals surface area contributed by atoms with Crippen molar-refractivity contribution in [1.82, 2.24) is 25.0 Å². The lowest BCUT2D eigenvalue weighted by molar-refractivity contribution is 0.0569. The third-order valence-electron chi connectivity index (χ3n) is 3.83. The lowest BCUT2D eigenvalue weighted by Crippen LogP contribution is -2.48. The van der Waals surface area contributed by atoms with Gasteiger partial charge in [-0.1, -0.05) is 28.9 Å². The molecule has 3 heterocycles. The molecule has 0 bridgehead atoms. The van der Waals surface area contributed by atoms with Crippen molar-refractivity contribution < 1.29 is 9.32 Å². The molecule has 0 N–H and O–H groups in total. The van der Waals surface area contributed by atoms with Crippen molar-refractivity contribution in [3.05, 3.63) is 59.2 Å². The van der Waals surface area contributed by atoms with Gasteiger partial charge >= 0.3 is 0 Å². The first-order chi connectivity index (χ1) is 11.7. The van der Waals surface area contributed by atoms with Gasteiger partial charge in [-0.25, -0.2) is 9.97 Å². The molecule has 1 fully saturated rings. The highest BCUT2D eigenvalue weighted by atomic mass is 35.5. The van der Waals surface area contributed by atoms with Crippen LogP contribution in [0.1, 0.15) is 22.2 Å². The Labute approximate surface area is 142 Å². The Bertz CT molecular complexity index is 877. The number of likely N-dealkylation sites (tertiary alicyclic amines) is 1. The SMILES string of the molecule is O=C(c1ccccc1Cl)N1CC(c2nc(-c3ncccn3)no2)C1. The molecule has 0 atom stereocenters. The number of amides is 1. The zero-order valence-corrected chi connectivity index (χ0v) is 13.2. The molecular weight excluding hydrogens is 330 g/mol. The fraction of sp³-hybridized carbons (Fsp3) is 0.188. The molecule has 0 aliphatic carbocycles. The summed E-state index contributed by atoms with van der Waals surface area (Å²) in [7, 11) is 0. The van der Waals surface area contributed by atoms with E-state index in [1.54, 1.807) is 47.6 Å². The van der Waals surface area contributed by atoms with E-state index >= 15 is 0 Å². The summed E-state index contributed by atoms with van der Waals surface area (Å²) in [6.45, 7) is 1.03. The van der Waals surface area contributed by atoms with Gasteiger partial charge in [0.25, 0.3) is 5.91 Å². The van der Waals surface area contributed by atoms with Crippen molar-refractivity contribution in [1.29, 1.82) is 0 Å². The summed E-state index contributed by atoms with van der Waals surface area (Å²) < 4.78 is 5.28. The van der Waals surface area contributed by atoms with Crippen LogP contribution in [0.2, 0.25) is 5.02 Å². The number of carbonyl (C=O) groups excluding carboxylic acids is 1. The number of hydrogen-bond donors (Lipinski definition) is 0. The molecule has 4 rings (SSSR count). The van der Waals surface area contributed by atoms with Crippen molar-refractivity contribution in [2.24, 2.45) is 0 Å². The molecule has 1 saturated heterocycles. The number of halogens is 1. The third kappa shape index (κ3) is 2.63. The second kappa shape index (κ2) is 6.01. The van der Waals surface area contributed by atoms with Crippen LogP contribution in [-0.2, 0) is 0 Å². The van der Waals surface area contributed by atoms with Gasteiger partial charge in [0.05, 0.1) is 16.5 Å². The summed E-state index contributed by atoms with van der Waals surface area (Å²) >= 11 is 6.07. The number of benzene rings is 1. The first-order valence-corrected chi connectivity index (χ1v) is 7.75. The molecular formula is C16H12ClN5O2. The van der Waals surface area contributed by atoms with Crippen LogP contribution >= 0.6 is 11.6 Å². The van der Waals surface area contributed by atoms with E-state index in [1.807, 2.05) is 0 Å². The van der Waals surface area contributed by atoms with Gasteiger partial charge < -0.3 is 9.42 Å². The Morgan fingerprint density at radius 3 is 2.62 bits per heavy atom. The van der Waals surface area contributed by atoms with Crippen LogP contribution in [0.3, 0.4) is 0 Å². The maximum atomic E-state index is 12.4. The van der Waals surface area contributed by atoms with Crippen LogP contribution < -0.4 is 0 Å². The van der Waals surface area contributed by atoms with Gasteiger partial charge in [0.15, 0.2) is 0 Å². The molecule has 0 unspecified atom stereocenters. The van der Waals surface area contributed by atoms with E-state index in [1.165, 1.54) is 0 Å². The monoisotopic (exact) mass is 341 g/mol. The maximum Gasteiger partial charge on any atom is 0.255 e. The Balaban J connectivity index is 1.44. The Morgan fingerprint density at radius 2 is 1.88 bits per heavy atom. The molecule has 8 heteroatoms. The third-order valence-corrected chi connectivity index (χ3v) is 4.16. The zero-order chi connectivity index (χ0) is 16.5. The predicted molar refractivity (Wildman–Crippen MR) is 85.4 cm³/mol. The van der Waals surface area contributed by atoms with Gasteiger partial charge in [0.1, 0.15) is 0 Å². The lowest BCUT2D eigenvalue weighted by atomic mass is 9.99. The number of hydrogen-bond acceptors (Lipinski definition) is 6. The van der Waals surface area contributed by atoms with Crippen LogP contribution in [-0.4, -0.2) is 44.0 Å². The van der Waals surface area contributed by atoms with E-state index in [4.69, 9.17) is 16.1 Å². The quantitative estimate of drug-likeness (QED) is 0.727. The molecule has 0 saturated carbocycles. The minimum atomic E-state index is -0.0945. The number of nitrogens with zero attached hydrogens (tertiary/aromatic N) is 5. The minimum Gasteiger partial charge on any atom is -0.338 e. The van der Waals surface area contributed by atoms with Gasteiger partial charge in [0, 0.05) is 25.5 Å². The van der Waals surface area contributed by atoms with E-state index in [0.29, 0.717) is 41.2 Å². The molecule has 3 aromatic rings. The second-order valence-electron chi connectivity index (χ2n) is 5.42. The molecule has 2 aromatic heterocycles. The van der Waals surface area contributed by atoms with Crippen LogP contribution in [0.5, 0.6) is 0 Å². The molecule has 0 radical (unpaired) electrons. The highest BCUT2D eigenvalue weighted by Gasteiger charge is 2.36. The molecule has 1 aromatic carbocycles. The number of carbonyl (C=O) groups is 1. The highest BCUT2D eigenvalue weighted by molar-refractivity contribution is 6.33. The van der Waals surface area contributed by atoms with Crippen LogP contribution in [0.4, 0.5) is 0 Å². The molecule has 1 aliphatic heterocycles. The Kier molecular flexibility index (Phi) is 3.70. The second-order valence-corrected chi connectivity index (χ2v) is 5.82. The average molecular weight is 342 g/mol. The molecule has 1 amide bonds. The number of rotatable bonds is 3. The van der Waals surface area contributed by atoms with Crippen molar-refractivity contribution >= 4 is 17.5 Å². The molecule has 0 spiro atoms. The zero-order valence-electron chi connectivity index (χ0n) is 12.5. The first kappa shape index (κ1) is 14.8. The summed E-state index contributed by atoms with van der Waals surface area (Å²) in [5.74, 6) is 1.17. The fourth-order valence-corrected chi connectivity index (χ4v) is 2.73. The van der Waals surface area contributed by atoms with E-state index in [2.05, 4.69) is 20.1 Å². The normalized spacial score (nSPS) is 14.5. The van der Waals surface area contributed by atoms with Crippen molar-refractivity contribution in [3.8, 4) is 11.6 Å². The van der Waals surface area contributed by atoms with Crippen LogP contribution in [0.15, 0.2) is 47.2 Å². The predicted octanol–water partition coefficient (Wildman–Crippen LogP) is 2.42. The van der Waals surface area contributed by atoms with E-state index in [0.717, 1.165) is 0 Å². The lowest BCUT2D eigenvalue weighted by Gasteiger charge is -2.37. The topological polar surface area (TPSA) is 85.0 Å². The molecule has 7 nitrogen and oxygen atoms in total. The van der Waals surface area contributed by atoms with Gasteiger partial charge in [-0.2, -0.15) is 4.98 Å². The van der Waals surface area contributed by atoms with Crippen LogP contribution in [0.25, 0.3) is 11.6 Å². The van der Waals surface area contributed by atoms with Gasteiger partial charge in [-0.3, -0.25) is 4.79 Å². The van der Waals surface area contributed by atoms with E-state index < -0.39 is 0 Å². The largest absolute Gasteiger partial charge is 0.338 e. The number of aromatic nitrogens is 4. The molecule has 1 aliphatic rings. The smallest absolute Gasteiger partial charge is 0.255 e. The van der Waals surface area contributed by atoms with Gasteiger partial charge in [-0.05, 0) is 18.2 Å². The summed E-state index contributed by atoms with van der Waals surface area (Å²) in [6, 6.07) is 8.73. The summed E-state index contributed by atoms with van der Waals surface area (Å²) in [6.07, 6.45) is 3.23. The summed E-state index contributed by atoms with van der Waals surface area (Å²) in [5.41, 5.74) is 0.501. The standard InChI is InChI=1S/C16H12ClN5O2/c17-12-5-2-1-4-11(12)16(23)22-8-10(9-22)15-20-14(21-24-15)13-18-6-3-7-19-13/h1-7,10H,8-9H2. The van der Waals surface area contributed by atoms with Crippen molar-refractivity contribution in [2.75, 3.05) is 13.1 Å².